The predicted octanol–water partition coefficient (Wildman–Crippen LogP) is 2.62. The van der Waals surface area contributed by atoms with Gasteiger partial charge in [0.1, 0.15) is 11.5 Å². The number of hydrogen-bond acceptors (Lipinski definition) is 5. The zero-order valence-electron chi connectivity index (χ0n) is 14.6. The van der Waals surface area contributed by atoms with E-state index in [1.165, 1.54) is 4.90 Å². The summed E-state index contributed by atoms with van der Waals surface area (Å²) >= 11 is 0. The molecule has 0 aliphatic carbocycles. The van der Waals surface area contributed by atoms with Gasteiger partial charge >= 0.3 is 0 Å². The van der Waals surface area contributed by atoms with Crippen molar-refractivity contribution in [3.05, 3.63) is 47.7 Å². The van der Waals surface area contributed by atoms with Crippen LogP contribution in [0, 0.1) is 0 Å². The van der Waals surface area contributed by atoms with Crippen LogP contribution >= 0.6 is 0 Å². The van der Waals surface area contributed by atoms with Crippen molar-refractivity contribution in [2.75, 3.05) is 20.2 Å². The maximum atomic E-state index is 12.1. The molecule has 1 aromatic carbocycles. The number of oxazole rings is 1. The number of rotatable bonds is 6. The molecule has 6 nitrogen and oxygen atoms in total. The molecule has 0 spiro atoms. The first-order chi connectivity index (χ1) is 11.3. The molecule has 2 rings (SSSR count). The number of carbonyl (C=O) groups excluding carboxylic acids is 1. The summed E-state index contributed by atoms with van der Waals surface area (Å²) in [5, 5.41) is 8.88. The topological polar surface area (TPSA) is 75.8 Å². The number of ether oxygens (including phenoxy) is 1. The fourth-order valence-corrected chi connectivity index (χ4v) is 2.03. The number of aromatic nitrogens is 1. The summed E-state index contributed by atoms with van der Waals surface area (Å²) in [5.74, 6) is 1.82. The highest BCUT2D eigenvalue weighted by molar-refractivity contribution is 5.94. The van der Waals surface area contributed by atoms with E-state index < -0.39 is 0 Å². The van der Waals surface area contributed by atoms with E-state index in [0.29, 0.717) is 23.7 Å². The van der Waals surface area contributed by atoms with Crippen LogP contribution in [0.3, 0.4) is 0 Å². The SMILES string of the molecule is CN(CCO)C(=O)c1ccc(OCc2ncc(C(C)(C)C)o2)cc1. The Labute approximate surface area is 142 Å². The van der Waals surface area contributed by atoms with E-state index >= 15 is 0 Å². The summed E-state index contributed by atoms with van der Waals surface area (Å²) in [6, 6.07) is 6.85. The van der Waals surface area contributed by atoms with Gasteiger partial charge in [-0.15, -0.1) is 0 Å². The number of hydrogen-bond donors (Lipinski definition) is 1. The Balaban J connectivity index is 1.94. The van der Waals surface area contributed by atoms with Crippen molar-refractivity contribution in [1.29, 1.82) is 0 Å². The molecule has 1 N–H and O–H groups in total. The second-order valence-electron chi connectivity index (χ2n) is 6.63. The highest BCUT2D eigenvalue weighted by Crippen LogP contribution is 2.23. The molecule has 0 bridgehead atoms. The van der Waals surface area contributed by atoms with Crippen LogP contribution in [0.25, 0.3) is 0 Å². The number of benzene rings is 1. The van der Waals surface area contributed by atoms with Gasteiger partial charge in [-0.2, -0.15) is 0 Å². The second kappa shape index (κ2) is 7.49. The first-order valence-corrected chi connectivity index (χ1v) is 7.85. The zero-order valence-corrected chi connectivity index (χ0v) is 14.6. The van der Waals surface area contributed by atoms with E-state index in [0.717, 1.165) is 5.76 Å². The standard InChI is InChI=1S/C18H24N2O4/c1-18(2,3)15-11-19-16(24-15)12-23-14-7-5-13(6-8-14)17(22)20(4)9-10-21/h5-8,11,21H,9-10,12H2,1-4H3. The molecule has 0 unspecified atom stereocenters. The number of aliphatic hydroxyl groups excluding tert-OH is 1. The van der Waals surface area contributed by atoms with Gasteiger partial charge in [0.25, 0.3) is 5.91 Å². The third-order valence-electron chi connectivity index (χ3n) is 3.54. The molecule has 0 aliphatic heterocycles. The molecule has 24 heavy (non-hydrogen) atoms. The summed E-state index contributed by atoms with van der Waals surface area (Å²) in [7, 11) is 1.65. The van der Waals surface area contributed by atoms with E-state index in [-0.39, 0.29) is 24.5 Å². The van der Waals surface area contributed by atoms with Crippen molar-refractivity contribution in [2.24, 2.45) is 0 Å². The van der Waals surface area contributed by atoms with Gasteiger partial charge in [0.15, 0.2) is 6.61 Å². The maximum Gasteiger partial charge on any atom is 0.253 e. The number of aliphatic hydroxyl groups is 1. The van der Waals surface area contributed by atoms with Crippen LogP contribution in [-0.4, -0.2) is 41.1 Å². The van der Waals surface area contributed by atoms with Crippen LogP contribution in [-0.2, 0) is 12.0 Å². The average Bonchev–Trinajstić information content (AvgIpc) is 3.02. The molecular weight excluding hydrogens is 308 g/mol. The van der Waals surface area contributed by atoms with E-state index in [4.69, 9.17) is 14.3 Å². The molecular formula is C18H24N2O4. The quantitative estimate of drug-likeness (QED) is 0.880. The maximum absolute atomic E-state index is 12.1. The summed E-state index contributed by atoms with van der Waals surface area (Å²) in [6.07, 6.45) is 1.72. The van der Waals surface area contributed by atoms with Gasteiger partial charge in [-0.25, -0.2) is 4.98 Å². The third kappa shape index (κ3) is 4.58. The fourth-order valence-electron chi connectivity index (χ4n) is 2.03. The molecule has 0 fully saturated rings. The normalized spacial score (nSPS) is 11.4. The summed E-state index contributed by atoms with van der Waals surface area (Å²) < 4.78 is 11.3. The lowest BCUT2D eigenvalue weighted by atomic mass is 9.94. The number of likely N-dealkylation sites (N-methyl/N-ethyl adjacent to an activating group) is 1. The minimum atomic E-state index is -0.141. The van der Waals surface area contributed by atoms with Crippen LogP contribution in [0.4, 0.5) is 0 Å². The predicted molar refractivity (Wildman–Crippen MR) is 90.0 cm³/mol. The second-order valence-corrected chi connectivity index (χ2v) is 6.63. The molecule has 0 aliphatic rings. The number of nitrogens with zero attached hydrogens (tertiary/aromatic N) is 2. The Bertz CT molecular complexity index is 671. The molecule has 1 amide bonds. The van der Waals surface area contributed by atoms with Crippen molar-refractivity contribution in [2.45, 2.75) is 32.8 Å². The summed E-state index contributed by atoms with van der Waals surface area (Å²) in [5.41, 5.74) is 0.456. The Morgan fingerprint density at radius 3 is 2.50 bits per heavy atom. The minimum absolute atomic E-state index is 0.0594. The zero-order chi connectivity index (χ0) is 17.7. The summed E-state index contributed by atoms with van der Waals surface area (Å²) in [4.78, 5) is 17.8. The smallest absolute Gasteiger partial charge is 0.253 e. The van der Waals surface area contributed by atoms with Gasteiger partial charge < -0.3 is 19.2 Å². The van der Waals surface area contributed by atoms with Gasteiger partial charge in [-0.05, 0) is 24.3 Å². The number of carbonyl (C=O) groups is 1. The molecule has 0 saturated carbocycles. The monoisotopic (exact) mass is 332 g/mol. The van der Waals surface area contributed by atoms with Gasteiger partial charge in [-0.3, -0.25) is 4.79 Å². The van der Waals surface area contributed by atoms with Crippen LogP contribution in [0.5, 0.6) is 5.75 Å². The van der Waals surface area contributed by atoms with Crippen molar-refractivity contribution in [1.82, 2.24) is 9.88 Å². The third-order valence-corrected chi connectivity index (χ3v) is 3.54. The van der Waals surface area contributed by atoms with Crippen molar-refractivity contribution < 1.29 is 19.1 Å². The Morgan fingerprint density at radius 2 is 1.96 bits per heavy atom. The number of amides is 1. The molecule has 6 heteroatoms. The van der Waals surface area contributed by atoms with Crippen molar-refractivity contribution in [3.63, 3.8) is 0 Å². The largest absolute Gasteiger partial charge is 0.484 e. The van der Waals surface area contributed by atoms with Crippen LogP contribution in [0.1, 0.15) is 42.8 Å². The fraction of sp³-hybridized carbons (Fsp3) is 0.444. The molecule has 2 aromatic rings. The minimum Gasteiger partial charge on any atom is -0.484 e. The highest BCUT2D eigenvalue weighted by atomic mass is 16.5. The van der Waals surface area contributed by atoms with E-state index in [9.17, 15) is 4.79 Å². The lowest BCUT2D eigenvalue weighted by molar-refractivity contribution is 0.0767. The van der Waals surface area contributed by atoms with Gasteiger partial charge in [-0.1, -0.05) is 20.8 Å². The highest BCUT2D eigenvalue weighted by Gasteiger charge is 2.19. The summed E-state index contributed by atoms with van der Waals surface area (Å²) in [6.45, 7) is 6.65. The van der Waals surface area contributed by atoms with Crippen molar-refractivity contribution in [3.8, 4) is 5.75 Å². The molecule has 0 radical (unpaired) electrons. The Kier molecular flexibility index (Phi) is 5.62. The molecule has 0 saturated heterocycles. The van der Waals surface area contributed by atoms with E-state index in [2.05, 4.69) is 25.8 Å². The molecule has 1 aromatic heterocycles. The lowest BCUT2D eigenvalue weighted by Crippen LogP contribution is -2.29. The van der Waals surface area contributed by atoms with Crippen molar-refractivity contribution >= 4 is 5.91 Å². The van der Waals surface area contributed by atoms with Crippen LogP contribution in [0.15, 0.2) is 34.9 Å². The van der Waals surface area contributed by atoms with E-state index in [1.807, 2.05) is 0 Å². The first kappa shape index (κ1) is 18.0. The Morgan fingerprint density at radius 1 is 1.29 bits per heavy atom. The van der Waals surface area contributed by atoms with Gasteiger partial charge in [0, 0.05) is 24.6 Å². The van der Waals surface area contributed by atoms with Gasteiger partial charge in [0.05, 0.1) is 12.8 Å². The lowest BCUT2D eigenvalue weighted by Gasteiger charge is -2.15. The van der Waals surface area contributed by atoms with Crippen LogP contribution < -0.4 is 4.74 Å². The van der Waals surface area contributed by atoms with E-state index in [1.54, 1.807) is 37.5 Å². The first-order valence-electron chi connectivity index (χ1n) is 7.85. The molecule has 0 atom stereocenters. The molecule has 1 heterocycles. The Hall–Kier alpha value is -2.34. The van der Waals surface area contributed by atoms with Gasteiger partial charge in [0.2, 0.25) is 5.89 Å². The average molecular weight is 332 g/mol. The van der Waals surface area contributed by atoms with Crippen LogP contribution in [0.2, 0.25) is 0 Å². The molecule has 130 valence electrons.